The van der Waals surface area contributed by atoms with Crippen LogP contribution in [0.25, 0.3) is 11.5 Å². The standard InChI is InChI=1S/C14H13N3O5/c1-8(21-14(18)10-2-3-10)12-15-16-13(22-12)9-4-6-11(7-5-9)17(19)20/h4-8,10H,2-3H2,1H3/t8-/m1/s1. The predicted molar refractivity (Wildman–Crippen MR) is 73.6 cm³/mol. The summed E-state index contributed by atoms with van der Waals surface area (Å²) in [5.74, 6) is 0.170. The highest BCUT2D eigenvalue weighted by atomic mass is 16.6. The Balaban J connectivity index is 1.72. The third-order valence-electron chi connectivity index (χ3n) is 3.32. The second kappa shape index (κ2) is 5.55. The zero-order valence-electron chi connectivity index (χ0n) is 11.8. The molecule has 0 spiro atoms. The lowest BCUT2D eigenvalue weighted by Gasteiger charge is -2.08. The van der Waals surface area contributed by atoms with Crippen molar-refractivity contribution in [1.82, 2.24) is 10.2 Å². The molecule has 1 atom stereocenters. The summed E-state index contributed by atoms with van der Waals surface area (Å²) in [6, 6.07) is 5.76. The first-order valence-electron chi connectivity index (χ1n) is 6.83. The third kappa shape index (κ3) is 2.95. The molecule has 1 saturated carbocycles. The summed E-state index contributed by atoms with van der Waals surface area (Å²) in [4.78, 5) is 21.7. The molecule has 1 aromatic heterocycles. The lowest BCUT2D eigenvalue weighted by molar-refractivity contribution is -0.384. The average Bonchev–Trinajstić information content (AvgIpc) is 3.24. The van der Waals surface area contributed by atoms with E-state index in [-0.39, 0.29) is 29.4 Å². The molecule has 0 amide bonds. The summed E-state index contributed by atoms with van der Waals surface area (Å²) in [5.41, 5.74) is 0.542. The number of rotatable bonds is 5. The van der Waals surface area contributed by atoms with Crippen LogP contribution in [0, 0.1) is 16.0 Å². The van der Waals surface area contributed by atoms with Crippen LogP contribution in [0.2, 0.25) is 0 Å². The van der Waals surface area contributed by atoms with Gasteiger partial charge in [-0.15, -0.1) is 10.2 Å². The molecule has 0 N–H and O–H groups in total. The van der Waals surface area contributed by atoms with Gasteiger partial charge in [-0.2, -0.15) is 0 Å². The van der Waals surface area contributed by atoms with Crippen molar-refractivity contribution in [1.29, 1.82) is 0 Å². The Bertz CT molecular complexity index is 706. The fourth-order valence-electron chi connectivity index (χ4n) is 1.88. The molecule has 0 unspecified atom stereocenters. The third-order valence-corrected chi connectivity index (χ3v) is 3.32. The van der Waals surface area contributed by atoms with Gasteiger partial charge >= 0.3 is 5.97 Å². The van der Waals surface area contributed by atoms with Crippen LogP contribution < -0.4 is 0 Å². The summed E-state index contributed by atoms with van der Waals surface area (Å²) < 4.78 is 10.7. The number of benzene rings is 1. The highest BCUT2D eigenvalue weighted by molar-refractivity contribution is 5.75. The van der Waals surface area contributed by atoms with Gasteiger partial charge in [0.15, 0.2) is 6.10 Å². The molecule has 2 aromatic rings. The molecule has 0 bridgehead atoms. The van der Waals surface area contributed by atoms with E-state index in [4.69, 9.17) is 9.15 Å². The second-order valence-corrected chi connectivity index (χ2v) is 5.10. The van der Waals surface area contributed by atoms with Gasteiger partial charge in [0.2, 0.25) is 5.89 Å². The number of esters is 1. The number of nitrogens with zero attached hydrogens (tertiary/aromatic N) is 3. The van der Waals surface area contributed by atoms with Crippen LogP contribution in [0.15, 0.2) is 28.7 Å². The fourth-order valence-corrected chi connectivity index (χ4v) is 1.88. The van der Waals surface area contributed by atoms with Crippen molar-refractivity contribution in [3.8, 4) is 11.5 Å². The van der Waals surface area contributed by atoms with Gasteiger partial charge in [0.05, 0.1) is 10.8 Å². The van der Waals surface area contributed by atoms with Crippen molar-refractivity contribution >= 4 is 11.7 Å². The molecule has 1 aromatic carbocycles. The van der Waals surface area contributed by atoms with Crippen LogP contribution in [0.5, 0.6) is 0 Å². The van der Waals surface area contributed by atoms with Crippen LogP contribution in [0.4, 0.5) is 5.69 Å². The van der Waals surface area contributed by atoms with Crippen molar-refractivity contribution in [2.75, 3.05) is 0 Å². The smallest absolute Gasteiger partial charge is 0.309 e. The summed E-state index contributed by atoms with van der Waals surface area (Å²) in [5, 5.41) is 18.3. The number of hydrogen-bond acceptors (Lipinski definition) is 7. The first-order valence-corrected chi connectivity index (χ1v) is 6.83. The lowest BCUT2D eigenvalue weighted by Crippen LogP contribution is -2.10. The van der Waals surface area contributed by atoms with E-state index < -0.39 is 11.0 Å². The van der Waals surface area contributed by atoms with E-state index in [1.807, 2.05) is 0 Å². The number of ether oxygens (including phenoxy) is 1. The Morgan fingerprint density at radius 3 is 2.64 bits per heavy atom. The Hall–Kier alpha value is -2.77. The fraction of sp³-hybridized carbons (Fsp3) is 0.357. The number of carbonyl (C=O) groups is 1. The van der Waals surface area contributed by atoms with E-state index in [0.29, 0.717) is 5.56 Å². The van der Waals surface area contributed by atoms with Gasteiger partial charge in [0, 0.05) is 17.7 Å². The van der Waals surface area contributed by atoms with Crippen molar-refractivity contribution in [2.45, 2.75) is 25.9 Å². The molecule has 114 valence electrons. The van der Waals surface area contributed by atoms with Crippen LogP contribution >= 0.6 is 0 Å². The van der Waals surface area contributed by atoms with Crippen LogP contribution in [-0.2, 0) is 9.53 Å². The predicted octanol–water partition coefficient (Wildman–Crippen LogP) is 2.66. The quantitative estimate of drug-likeness (QED) is 0.474. The van der Waals surface area contributed by atoms with Crippen molar-refractivity contribution in [2.24, 2.45) is 5.92 Å². The van der Waals surface area contributed by atoms with Gasteiger partial charge in [0.1, 0.15) is 0 Å². The lowest BCUT2D eigenvalue weighted by atomic mass is 10.2. The maximum absolute atomic E-state index is 11.6. The topological polar surface area (TPSA) is 108 Å². The highest BCUT2D eigenvalue weighted by Gasteiger charge is 2.33. The van der Waals surface area contributed by atoms with Gasteiger partial charge in [-0.1, -0.05) is 0 Å². The molecule has 3 rings (SSSR count). The van der Waals surface area contributed by atoms with Crippen LogP contribution in [0.1, 0.15) is 31.8 Å². The van der Waals surface area contributed by atoms with Gasteiger partial charge in [-0.05, 0) is 31.9 Å². The molecule has 1 aliphatic rings. The normalized spacial score (nSPS) is 15.3. The van der Waals surface area contributed by atoms with Gasteiger partial charge in [-0.25, -0.2) is 0 Å². The molecule has 0 aliphatic heterocycles. The van der Waals surface area contributed by atoms with Gasteiger partial charge < -0.3 is 9.15 Å². The SMILES string of the molecule is C[C@@H](OC(=O)C1CC1)c1nnc(-c2ccc([N+](=O)[O-])cc2)o1. The summed E-state index contributed by atoms with van der Waals surface area (Å²) in [6.07, 6.45) is 1.11. The second-order valence-electron chi connectivity index (χ2n) is 5.10. The summed E-state index contributed by atoms with van der Waals surface area (Å²) in [7, 11) is 0. The number of nitro groups is 1. The first-order chi connectivity index (χ1) is 10.5. The van der Waals surface area contributed by atoms with Crippen molar-refractivity contribution in [3.05, 3.63) is 40.3 Å². The Morgan fingerprint density at radius 1 is 1.36 bits per heavy atom. The van der Waals surface area contributed by atoms with E-state index in [2.05, 4.69) is 10.2 Å². The number of carbonyl (C=O) groups excluding carboxylic acids is 1. The minimum atomic E-state index is -0.618. The van der Waals surface area contributed by atoms with Crippen LogP contribution in [0.3, 0.4) is 0 Å². The van der Waals surface area contributed by atoms with E-state index >= 15 is 0 Å². The first kappa shape index (κ1) is 14.2. The number of nitro benzene ring substituents is 1. The maximum atomic E-state index is 11.6. The zero-order valence-corrected chi connectivity index (χ0v) is 11.8. The molecule has 0 radical (unpaired) electrons. The minimum absolute atomic E-state index is 0.000450. The van der Waals surface area contributed by atoms with Crippen molar-refractivity contribution < 1.29 is 18.9 Å². The average molecular weight is 303 g/mol. The molecule has 22 heavy (non-hydrogen) atoms. The van der Waals surface area contributed by atoms with Gasteiger partial charge in [-0.3, -0.25) is 14.9 Å². The number of aromatic nitrogens is 2. The van der Waals surface area contributed by atoms with E-state index in [0.717, 1.165) is 12.8 Å². The molecule has 1 aliphatic carbocycles. The molecule has 1 fully saturated rings. The monoisotopic (exact) mass is 303 g/mol. The molecule has 1 heterocycles. The highest BCUT2D eigenvalue weighted by Crippen LogP contribution is 2.32. The minimum Gasteiger partial charge on any atom is -0.452 e. The summed E-state index contributed by atoms with van der Waals surface area (Å²) in [6.45, 7) is 1.66. The van der Waals surface area contributed by atoms with E-state index in [1.165, 1.54) is 24.3 Å². The Kier molecular flexibility index (Phi) is 3.58. The number of hydrogen-bond donors (Lipinski definition) is 0. The Morgan fingerprint density at radius 2 is 2.05 bits per heavy atom. The zero-order chi connectivity index (χ0) is 15.7. The molecular formula is C14H13N3O5. The molecule has 0 saturated heterocycles. The van der Waals surface area contributed by atoms with Crippen LogP contribution in [-0.4, -0.2) is 21.1 Å². The van der Waals surface area contributed by atoms with Crippen molar-refractivity contribution in [3.63, 3.8) is 0 Å². The van der Waals surface area contributed by atoms with E-state index in [9.17, 15) is 14.9 Å². The summed E-state index contributed by atoms with van der Waals surface area (Å²) >= 11 is 0. The maximum Gasteiger partial charge on any atom is 0.309 e. The number of non-ortho nitro benzene ring substituents is 1. The molecule has 8 heteroatoms. The van der Waals surface area contributed by atoms with E-state index in [1.54, 1.807) is 6.92 Å². The van der Waals surface area contributed by atoms with Gasteiger partial charge in [0.25, 0.3) is 11.6 Å². The Labute approximate surface area is 125 Å². The molecule has 8 nitrogen and oxygen atoms in total. The molecular weight excluding hydrogens is 290 g/mol. The largest absolute Gasteiger partial charge is 0.452 e.